The second kappa shape index (κ2) is 7.93. The predicted octanol–water partition coefficient (Wildman–Crippen LogP) is 4.78. The Hall–Kier alpha value is -3.01. The average molecular weight is 371 g/mol. The fraction of sp³-hybridized carbons (Fsp3) is 0.292. The van der Waals surface area contributed by atoms with Crippen LogP contribution in [0.4, 0.5) is 0 Å². The Kier molecular flexibility index (Phi) is 5.20. The summed E-state index contributed by atoms with van der Waals surface area (Å²) in [5.41, 5.74) is 5.00. The van der Waals surface area contributed by atoms with Crippen LogP contribution < -0.4 is 0 Å². The fourth-order valence-corrected chi connectivity index (χ4v) is 3.87. The van der Waals surface area contributed by atoms with Crippen LogP contribution in [0.2, 0.25) is 0 Å². The third-order valence-electron chi connectivity index (χ3n) is 5.46. The van der Waals surface area contributed by atoms with Crippen LogP contribution in [-0.4, -0.2) is 33.9 Å². The van der Waals surface area contributed by atoms with Gasteiger partial charge in [-0.3, -0.25) is 4.79 Å². The highest BCUT2D eigenvalue weighted by Crippen LogP contribution is 2.28. The van der Waals surface area contributed by atoms with E-state index in [2.05, 4.69) is 11.1 Å². The van der Waals surface area contributed by atoms with Crippen LogP contribution in [0.15, 0.2) is 60.8 Å². The van der Waals surface area contributed by atoms with E-state index in [1.165, 1.54) is 0 Å². The van der Waals surface area contributed by atoms with Gasteiger partial charge in [0.15, 0.2) is 5.82 Å². The van der Waals surface area contributed by atoms with Gasteiger partial charge in [-0.25, -0.2) is 9.97 Å². The van der Waals surface area contributed by atoms with E-state index in [1.807, 2.05) is 73.5 Å². The van der Waals surface area contributed by atoms with Crippen LogP contribution in [-0.2, 0) is 0 Å². The molecule has 1 aliphatic rings. The first-order valence-corrected chi connectivity index (χ1v) is 9.87. The lowest BCUT2D eigenvalue weighted by atomic mass is 9.93. The number of aromatic nitrogens is 2. The van der Waals surface area contributed by atoms with Gasteiger partial charge in [-0.15, -0.1) is 0 Å². The topological polar surface area (TPSA) is 46.1 Å². The molecule has 0 N–H and O–H groups in total. The molecule has 0 aliphatic carbocycles. The average Bonchev–Trinajstić information content (AvgIpc) is 2.76. The minimum Gasteiger partial charge on any atom is -0.338 e. The highest BCUT2D eigenvalue weighted by Gasteiger charge is 2.27. The van der Waals surface area contributed by atoms with Crippen LogP contribution in [0.3, 0.4) is 0 Å². The maximum atomic E-state index is 13.1. The number of hydrogen-bond donors (Lipinski definition) is 0. The summed E-state index contributed by atoms with van der Waals surface area (Å²) in [6, 6.07) is 18.1. The summed E-state index contributed by atoms with van der Waals surface area (Å²) in [6.07, 6.45) is 3.86. The molecule has 1 aromatic heterocycles. The quantitative estimate of drug-likeness (QED) is 0.666. The Morgan fingerprint density at radius 3 is 2.71 bits per heavy atom. The second-order valence-corrected chi connectivity index (χ2v) is 7.58. The SMILES string of the molecule is Cc1ccc(C)c(C(=O)N2CCC[C@@H](c3ccnc(-c4ccccc4)n3)C2)c1. The third-order valence-corrected chi connectivity index (χ3v) is 5.46. The Morgan fingerprint density at radius 2 is 1.89 bits per heavy atom. The zero-order chi connectivity index (χ0) is 19.5. The molecule has 0 radical (unpaired) electrons. The van der Waals surface area contributed by atoms with Crippen molar-refractivity contribution in [3.8, 4) is 11.4 Å². The molecule has 1 atom stereocenters. The zero-order valence-electron chi connectivity index (χ0n) is 16.4. The first kappa shape index (κ1) is 18.4. The largest absolute Gasteiger partial charge is 0.338 e. The van der Waals surface area contributed by atoms with Gasteiger partial charge in [0, 0.05) is 42.0 Å². The van der Waals surface area contributed by atoms with Gasteiger partial charge in [-0.05, 0) is 44.4 Å². The lowest BCUT2D eigenvalue weighted by molar-refractivity contribution is 0.0705. The van der Waals surface area contributed by atoms with E-state index in [0.717, 1.165) is 53.2 Å². The summed E-state index contributed by atoms with van der Waals surface area (Å²) in [5.74, 6) is 1.12. The van der Waals surface area contributed by atoms with Crippen molar-refractivity contribution >= 4 is 5.91 Å². The highest BCUT2D eigenvalue weighted by molar-refractivity contribution is 5.96. The summed E-state index contributed by atoms with van der Waals surface area (Å²) < 4.78 is 0. The number of amides is 1. The van der Waals surface area contributed by atoms with E-state index < -0.39 is 0 Å². The predicted molar refractivity (Wildman–Crippen MR) is 111 cm³/mol. The van der Waals surface area contributed by atoms with Crippen LogP contribution >= 0.6 is 0 Å². The first-order chi connectivity index (χ1) is 13.6. The van der Waals surface area contributed by atoms with Gasteiger partial charge in [0.2, 0.25) is 0 Å². The summed E-state index contributed by atoms with van der Waals surface area (Å²) in [5, 5.41) is 0. The van der Waals surface area contributed by atoms with Crippen LogP contribution in [0, 0.1) is 13.8 Å². The molecule has 3 aromatic rings. The van der Waals surface area contributed by atoms with E-state index in [1.54, 1.807) is 0 Å². The van der Waals surface area contributed by atoms with Gasteiger partial charge in [-0.1, -0.05) is 48.0 Å². The number of likely N-dealkylation sites (tertiary alicyclic amines) is 1. The number of aryl methyl sites for hydroxylation is 2. The van der Waals surface area contributed by atoms with Crippen molar-refractivity contribution < 1.29 is 4.79 Å². The Bertz CT molecular complexity index is 984. The number of hydrogen-bond acceptors (Lipinski definition) is 3. The molecule has 28 heavy (non-hydrogen) atoms. The molecular formula is C24H25N3O. The van der Waals surface area contributed by atoms with Gasteiger partial charge in [0.25, 0.3) is 5.91 Å². The lowest BCUT2D eigenvalue weighted by Crippen LogP contribution is -2.39. The number of carbonyl (C=O) groups is 1. The standard InChI is InChI=1S/C24H25N3O/c1-17-10-11-18(2)21(15-17)24(28)27-14-6-9-20(16-27)22-12-13-25-23(26-22)19-7-4-3-5-8-19/h3-5,7-8,10-13,15,20H,6,9,14,16H2,1-2H3/t20-/m1/s1. The number of piperidine rings is 1. The van der Waals surface area contributed by atoms with Crippen molar-refractivity contribution in [3.63, 3.8) is 0 Å². The minimum atomic E-state index is 0.128. The molecule has 0 spiro atoms. The smallest absolute Gasteiger partial charge is 0.254 e. The maximum absolute atomic E-state index is 13.1. The van der Waals surface area contributed by atoms with Crippen LogP contribution in [0.25, 0.3) is 11.4 Å². The molecule has 1 aliphatic heterocycles. The van der Waals surface area contributed by atoms with Gasteiger partial charge < -0.3 is 4.90 Å². The molecule has 4 heteroatoms. The molecular weight excluding hydrogens is 346 g/mol. The van der Waals surface area contributed by atoms with E-state index in [0.29, 0.717) is 6.54 Å². The molecule has 4 rings (SSSR count). The third kappa shape index (κ3) is 3.81. The first-order valence-electron chi connectivity index (χ1n) is 9.87. The molecule has 1 fully saturated rings. The molecule has 4 nitrogen and oxygen atoms in total. The van der Waals surface area contributed by atoms with Crippen LogP contribution in [0.5, 0.6) is 0 Å². The normalized spacial score (nSPS) is 16.8. The van der Waals surface area contributed by atoms with Crippen molar-refractivity contribution in [1.29, 1.82) is 0 Å². The second-order valence-electron chi connectivity index (χ2n) is 7.58. The van der Waals surface area contributed by atoms with Gasteiger partial charge >= 0.3 is 0 Å². The molecule has 142 valence electrons. The number of nitrogens with zero attached hydrogens (tertiary/aromatic N) is 3. The van der Waals surface area contributed by atoms with Crippen molar-refractivity contribution in [2.75, 3.05) is 13.1 Å². The van der Waals surface area contributed by atoms with E-state index in [-0.39, 0.29) is 11.8 Å². The van der Waals surface area contributed by atoms with Gasteiger partial charge in [0.05, 0.1) is 0 Å². The Balaban J connectivity index is 1.56. The van der Waals surface area contributed by atoms with Crippen molar-refractivity contribution in [2.24, 2.45) is 0 Å². The summed E-state index contributed by atoms with van der Waals surface area (Å²) in [4.78, 5) is 24.4. The number of rotatable bonds is 3. The summed E-state index contributed by atoms with van der Waals surface area (Å²) >= 11 is 0. The molecule has 1 saturated heterocycles. The van der Waals surface area contributed by atoms with Crippen molar-refractivity contribution in [2.45, 2.75) is 32.6 Å². The lowest BCUT2D eigenvalue weighted by Gasteiger charge is -2.33. The zero-order valence-corrected chi connectivity index (χ0v) is 16.4. The van der Waals surface area contributed by atoms with E-state index >= 15 is 0 Å². The number of benzene rings is 2. The fourth-order valence-electron chi connectivity index (χ4n) is 3.87. The summed E-state index contributed by atoms with van der Waals surface area (Å²) in [7, 11) is 0. The van der Waals surface area contributed by atoms with E-state index in [9.17, 15) is 4.79 Å². The maximum Gasteiger partial charge on any atom is 0.254 e. The van der Waals surface area contributed by atoms with Crippen LogP contribution in [0.1, 0.15) is 45.9 Å². The molecule has 0 unspecified atom stereocenters. The Morgan fingerprint density at radius 1 is 1.07 bits per heavy atom. The Labute approximate surface area is 166 Å². The minimum absolute atomic E-state index is 0.128. The molecule has 2 heterocycles. The number of carbonyl (C=O) groups excluding carboxylic acids is 1. The van der Waals surface area contributed by atoms with Gasteiger partial charge in [-0.2, -0.15) is 0 Å². The molecule has 0 bridgehead atoms. The molecule has 1 amide bonds. The van der Waals surface area contributed by atoms with Gasteiger partial charge in [0.1, 0.15) is 0 Å². The van der Waals surface area contributed by atoms with E-state index in [4.69, 9.17) is 4.98 Å². The molecule has 2 aromatic carbocycles. The molecule has 0 saturated carbocycles. The summed E-state index contributed by atoms with van der Waals surface area (Å²) in [6.45, 7) is 5.54. The monoisotopic (exact) mass is 371 g/mol. The van der Waals surface area contributed by atoms with Crippen molar-refractivity contribution in [3.05, 3.63) is 83.2 Å². The highest BCUT2D eigenvalue weighted by atomic mass is 16.2. The van der Waals surface area contributed by atoms with Crippen molar-refractivity contribution in [1.82, 2.24) is 14.9 Å².